The second-order valence-corrected chi connectivity index (χ2v) is 4.10. The van der Waals surface area contributed by atoms with Crippen LogP contribution in [0.15, 0.2) is 6.20 Å². The van der Waals surface area contributed by atoms with Crippen LogP contribution in [0.2, 0.25) is 5.02 Å². The minimum absolute atomic E-state index is 0.235. The van der Waals surface area contributed by atoms with Gasteiger partial charge in [0, 0.05) is 0 Å². The van der Waals surface area contributed by atoms with Crippen LogP contribution in [-0.2, 0) is 4.74 Å². The zero-order chi connectivity index (χ0) is 10.1. The summed E-state index contributed by atoms with van der Waals surface area (Å²) in [4.78, 5) is 0. The van der Waals surface area contributed by atoms with Gasteiger partial charge in [-0.2, -0.15) is 5.10 Å². The van der Waals surface area contributed by atoms with Gasteiger partial charge in [0.05, 0.1) is 24.9 Å². The Morgan fingerprint density at radius 2 is 2.43 bits per heavy atom. The van der Waals surface area contributed by atoms with Crippen LogP contribution in [0.25, 0.3) is 0 Å². The van der Waals surface area contributed by atoms with E-state index in [1.807, 2.05) is 0 Å². The number of nitrogen functional groups attached to an aromatic ring is 1. The van der Waals surface area contributed by atoms with E-state index in [4.69, 9.17) is 22.1 Å². The number of ether oxygens (including phenoxy) is 1. The first kappa shape index (κ1) is 9.80. The quantitative estimate of drug-likeness (QED) is 0.778. The smallest absolute Gasteiger partial charge is 0.141 e. The molecule has 0 aliphatic carbocycles. The van der Waals surface area contributed by atoms with Crippen molar-refractivity contribution in [1.29, 1.82) is 0 Å². The number of halogens is 1. The minimum Gasteiger partial charge on any atom is -0.383 e. The Balaban J connectivity index is 2.12. The van der Waals surface area contributed by atoms with E-state index < -0.39 is 0 Å². The van der Waals surface area contributed by atoms with E-state index in [0.717, 1.165) is 12.8 Å². The topological polar surface area (TPSA) is 53.1 Å². The van der Waals surface area contributed by atoms with Gasteiger partial charge in [0.2, 0.25) is 0 Å². The van der Waals surface area contributed by atoms with E-state index in [-0.39, 0.29) is 6.04 Å². The standard InChI is InChI=1S/C9H14ClN3O/c1-6-2-3-7(5-14-6)13-9(11)8(10)4-12-13/h4,6-7H,2-3,5,11H2,1H3. The molecule has 1 aliphatic heterocycles. The van der Waals surface area contributed by atoms with Gasteiger partial charge in [-0.25, -0.2) is 4.68 Å². The van der Waals surface area contributed by atoms with Gasteiger partial charge in [-0.3, -0.25) is 0 Å². The van der Waals surface area contributed by atoms with Crippen LogP contribution >= 0.6 is 11.6 Å². The van der Waals surface area contributed by atoms with Crippen molar-refractivity contribution in [3.8, 4) is 0 Å². The molecule has 14 heavy (non-hydrogen) atoms. The normalized spacial score (nSPS) is 27.9. The SMILES string of the molecule is CC1CCC(n2ncc(Cl)c2N)CO1. The lowest BCUT2D eigenvalue weighted by atomic mass is 10.1. The molecule has 2 heterocycles. The molecule has 2 atom stereocenters. The van der Waals surface area contributed by atoms with Crippen LogP contribution in [0.4, 0.5) is 5.82 Å². The maximum Gasteiger partial charge on any atom is 0.141 e. The summed E-state index contributed by atoms with van der Waals surface area (Å²) >= 11 is 5.83. The van der Waals surface area contributed by atoms with E-state index in [2.05, 4.69) is 12.0 Å². The van der Waals surface area contributed by atoms with Crippen LogP contribution in [-0.4, -0.2) is 22.5 Å². The van der Waals surface area contributed by atoms with Gasteiger partial charge in [-0.15, -0.1) is 0 Å². The fourth-order valence-corrected chi connectivity index (χ4v) is 1.83. The average Bonchev–Trinajstić information content (AvgIpc) is 2.50. The number of hydrogen-bond acceptors (Lipinski definition) is 3. The molecule has 1 aromatic rings. The summed E-state index contributed by atoms with van der Waals surface area (Å²) in [5.74, 6) is 0.537. The molecule has 0 amide bonds. The zero-order valence-electron chi connectivity index (χ0n) is 8.11. The number of rotatable bonds is 1. The molecule has 0 aromatic carbocycles. The third-order valence-electron chi connectivity index (χ3n) is 2.61. The van der Waals surface area contributed by atoms with Crippen molar-refractivity contribution in [3.05, 3.63) is 11.2 Å². The Bertz CT molecular complexity index is 318. The molecule has 1 saturated heterocycles. The van der Waals surface area contributed by atoms with Crippen molar-refractivity contribution in [2.75, 3.05) is 12.3 Å². The molecule has 2 unspecified atom stereocenters. The third kappa shape index (κ3) is 1.72. The Labute approximate surface area is 88.0 Å². The number of nitrogens with two attached hydrogens (primary N) is 1. The lowest BCUT2D eigenvalue weighted by Gasteiger charge is -2.27. The zero-order valence-corrected chi connectivity index (χ0v) is 8.87. The summed E-state index contributed by atoms with van der Waals surface area (Å²) in [6.45, 7) is 2.75. The molecule has 0 radical (unpaired) electrons. The van der Waals surface area contributed by atoms with E-state index in [0.29, 0.717) is 23.6 Å². The van der Waals surface area contributed by atoms with Gasteiger partial charge in [-0.05, 0) is 19.8 Å². The van der Waals surface area contributed by atoms with Gasteiger partial charge in [0.1, 0.15) is 10.8 Å². The fourth-order valence-electron chi connectivity index (χ4n) is 1.70. The average molecular weight is 216 g/mol. The molecule has 0 bridgehead atoms. The van der Waals surface area contributed by atoms with E-state index >= 15 is 0 Å². The molecular formula is C9H14ClN3O. The molecule has 1 fully saturated rings. The second-order valence-electron chi connectivity index (χ2n) is 3.70. The summed E-state index contributed by atoms with van der Waals surface area (Å²) in [5.41, 5.74) is 5.78. The van der Waals surface area contributed by atoms with Gasteiger partial charge < -0.3 is 10.5 Å². The summed E-state index contributed by atoms with van der Waals surface area (Å²) in [7, 11) is 0. The lowest BCUT2D eigenvalue weighted by Crippen LogP contribution is -2.27. The molecule has 5 heteroatoms. The van der Waals surface area contributed by atoms with Crippen LogP contribution in [0.5, 0.6) is 0 Å². The Morgan fingerprint density at radius 1 is 1.64 bits per heavy atom. The predicted octanol–water partition coefficient (Wildman–Crippen LogP) is 1.86. The van der Waals surface area contributed by atoms with Gasteiger partial charge in [-0.1, -0.05) is 11.6 Å². The highest BCUT2D eigenvalue weighted by Gasteiger charge is 2.22. The lowest BCUT2D eigenvalue weighted by molar-refractivity contribution is -0.00311. The molecule has 2 rings (SSSR count). The van der Waals surface area contributed by atoms with Crippen molar-refractivity contribution in [2.24, 2.45) is 0 Å². The van der Waals surface area contributed by atoms with Crippen molar-refractivity contribution in [1.82, 2.24) is 9.78 Å². The summed E-state index contributed by atoms with van der Waals surface area (Å²) in [5, 5.41) is 4.66. The summed E-state index contributed by atoms with van der Waals surface area (Å²) < 4.78 is 7.31. The molecule has 0 saturated carbocycles. The van der Waals surface area contributed by atoms with Crippen LogP contribution in [0, 0.1) is 0 Å². The van der Waals surface area contributed by atoms with Crippen LogP contribution in [0.1, 0.15) is 25.8 Å². The van der Waals surface area contributed by atoms with E-state index in [1.165, 1.54) is 0 Å². The molecule has 0 spiro atoms. The van der Waals surface area contributed by atoms with Crippen molar-refractivity contribution >= 4 is 17.4 Å². The monoisotopic (exact) mass is 215 g/mol. The largest absolute Gasteiger partial charge is 0.383 e. The van der Waals surface area contributed by atoms with E-state index in [1.54, 1.807) is 10.9 Å². The molecule has 4 nitrogen and oxygen atoms in total. The predicted molar refractivity (Wildman–Crippen MR) is 55.3 cm³/mol. The summed E-state index contributed by atoms with van der Waals surface area (Å²) in [6.07, 6.45) is 4.01. The molecule has 78 valence electrons. The van der Waals surface area contributed by atoms with Crippen molar-refractivity contribution < 1.29 is 4.74 Å². The van der Waals surface area contributed by atoms with Crippen molar-refractivity contribution in [2.45, 2.75) is 31.9 Å². The highest BCUT2D eigenvalue weighted by Crippen LogP contribution is 2.27. The van der Waals surface area contributed by atoms with Gasteiger partial charge in [0.25, 0.3) is 0 Å². The Hall–Kier alpha value is -0.740. The highest BCUT2D eigenvalue weighted by atomic mass is 35.5. The third-order valence-corrected chi connectivity index (χ3v) is 2.90. The maximum absolute atomic E-state index is 5.83. The number of nitrogens with zero attached hydrogens (tertiary/aromatic N) is 2. The molecular weight excluding hydrogens is 202 g/mol. The Kier molecular flexibility index (Phi) is 2.65. The van der Waals surface area contributed by atoms with Gasteiger partial charge in [0.15, 0.2) is 0 Å². The van der Waals surface area contributed by atoms with Crippen LogP contribution in [0.3, 0.4) is 0 Å². The first-order chi connectivity index (χ1) is 6.68. The van der Waals surface area contributed by atoms with Gasteiger partial charge >= 0.3 is 0 Å². The molecule has 1 aromatic heterocycles. The summed E-state index contributed by atoms with van der Waals surface area (Å²) in [6, 6.07) is 0.235. The highest BCUT2D eigenvalue weighted by molar-refractivity contribution is 6.32. The number of aromatic nitrogens is 2. The Morgan fingerprint density at radius 3 is 2.93 bits per heavy atom. The fraction of sp³-hybridized carbons (Fsp3) is 0.667. The molecule has 1 aliphatic rings. The maximum atomic E-state index is 5.83. The first-order valence-electron chi connectivity index (χ1n) is 4.78. The number of hydrogen-bond donors (Lipinski definition) is 1. The van der Waals surface area contributed by atoms with Crippen molar-refractivity contribution in [3.63, 3.8) is 0 Å². The first-order valence-corrected chi connectivity index (χ1v) is 5.16. The molecule has 2 N–H and O–H groups in total. The van der Waals surface area contributed by atoms with E-state index in [9.17, 15) is 0 Å². The second kappa shape index (κ2) is 3.79. The minimum atomic E-state index is 0.235. The van der Waals surface area contributed by atoms with Crippen LogP contribution < -0.4 is 5.73 Å². The number of anilines is 1.